The average Bonchev–Trinajstić information content (AvgIpc) is 3.47. The van der Waals surface area contributed by atoms with Crippen LogP contribution in [0.15, 0.2) is 158 Å². The topological polar surface area (TPSA) is 105 Å². The van der Waals surface area contributed by atoms with Gasteiger partial charge in [0.15, 0.2) is 0 Å². The summed E-state index contributed by atoms with van der Waals surface area (Å²) in [5.41, 5.74) is 0. The van der Waals surface area contributed by atoms with E-state index in [1.165, 1.54) is 89.9 Å². The summed E-state index contributed by atoms with van der Waals surface area (Å²) in [7, 11) is 1.51. The first kappa shape index (κ1) is 78.1. The molecule has 0 spiro atoms. The van der Waals surface area contributed by atoms with Crippen LogP contribution in [0.2, 0.25) is 0 Å². The van der Waals surface area contributed by atoms with Crippen LogP contribution >= 0.6 is 7.82 Å². The fourth-order valence-corrected chi connectivity index (χ4v) is 9.37. The number of allylic oxidation sites excluding steroid dienone is 25. The minimum atomic E-state index is -4.38. The normalized spacial score (nSPS) is 14.8. The number of likely N-dealkylation sites (N-methyl/N-ethyl adjacent to an activating group) is 1. The second kappa shape index (κ2) is 61.7. The van der Waals surface area contributed by atoms with Crippen molar-refractivity contribution in [2.75, 3.05) is 40.9 Å². The molecule has 0 aliphatic heterocycles. The zero-order valence-electron chi connectivity index (χ0n) is 53.2. The molecule has 3 atom stereocenters. The molecule has 0 aliphatic carbocycles. The van der Waals surface area contributed by atoms with E-state index in [-0.39, 0.29) is 19.1 Å². The quantitative estimate of drug-likeness (QED) is 0.0243. The number of aliphatic hydroxyl groups excluding tert-OH is 1. The third-order valence-electron chi connectivity index (χ3n) is 13.7. The van der Waals surface area contributed by atoms with Crippen molar-refractivity contribution in [1.29, 1.82) is 0 Å². The van der Waals surface area contributed by atoms with Gasteiger partial charge in [-0.3, -0.25) is 13.8 Å². The molecule has 466 valence electrons. The predicted molar refractivity (Wildman–Crippen MR) is 359 cm³/mol. The van der Waals surface area contributed by atoms with Crippen LogP contribution in [-0.2, 0) is 18.4 Å². The lowest BCUT2D eigenvalue weighted by atomic mass is 10.0. The molecule has 0 heterocycles. The third kappa shape index (κ3) is 63.7. The first-order valence-corrected chi connectivity index (χ1v) is 34.4. The second-order valence-corrected chi connectivity index (χ2v) is 24.2. The molecule has 0 saturated heterocycles. The van der Waals surface area contributed by atoms with Gasteiger partial charge in [0.25, 0.3) is 0 Å². The molecule has 0 aliphatic rings. The highest BCUT2D eigenvalue weighted by Gasteiger charge is 2.27. The number of quaternary nitrogens is 1. The molecule has 0 aromatic rings. The Morgan fingerprint density at radius 2 is 0.744 bits per heavy atom. The van der Waals surface area contributed by atoms with Crippen LogP contribution in [0.25, 0.3) is 0 Å². The van der Waals surface area contributed by atoms with E-state index in [1.54, 1.807) is 6.08 Å². The Morgan fingerprint density at radius 1 is 0.427 bits per heavy atom. The Hall–Kier alpha value is -3.88. The van der Waals surface area contributed by atoms with Crippen LogP contribution in [0, 0.1) is 0 Å². The molecular weight excluding hydrogens is 1030 g/mol. The van der Waals surface area contributed by atoms with Gasteiger partial charge in [-0.1, -0.05) is 275 Å². The number of amides is 1. The maximum Gasteiger partial charge on any atom is 0.472 e. The van der Waals surface area contributed by atoms with Crippen LogP contribution in [0.5, 0.6) is 0 Å². The minimum Gasteiger partial charge on any atom is -0.387 e. The molecule has 0 aromatic carbocycles. The molecule has 0 saturated carbocycles. The smallest absolute Gasteiger partial charge is 0.387 e. The molecule has 8 nitrogen and oxygen atoms in total. The number of hydrogen-bond donors (Lipinski definition) is 3. The van der Waals surface area contributed by atoms with Gasteiger partial charge in [-0.2, -0.15) is 0 Å². The van der Waals surface area contributed by atoms with Gasteiger partial charge >= 0.3 is 7.82 Å². The van der Waals surface area contributed by atoms with Gasteiger partial charge in [0.05, 0.1) is 39.9 Å². The summed E-state index contributed by atoms with van der Waals surface area (Å²) in [5.74, 6) is -0.211. The first-order valence-electron chi connectivity index (χ1n) is 32.9. The number of nitrogens with one attached hydrogen (secondary N) is 1. The van der Waals surface area contributed by atoms with E-state index in [4.69, 9.17) is 9.05 Å². The molecule has 0 rings (SSSR count). The number of phosphoric ester groups is 1. The van der Waals surface area contributed by atoms with Crippen LogP contribution in [0.4, 0.5) is 0 Å². The van der Waals surface area contributed by atoms with Gasteiger partial charge < -0.3 is 19.8 Å². The lowest BCUT2D eigenvalue weighted by molar-refractivity contribution is -0.870. The van der Waals surface area contributed by atoms with E-state index in [9.17, 15) is 19.4 Å². The lowest BCUT2D eigenvalue weighted by Gasteiger charge is -2.25. The van der Waals surface area contributed by atoms with Gasteiger partial charge in [-0.05, 0) is 122 Å². The van der Waals surface area contributed by atoms with Crippen molar-refractivity contribution in [3.8, 4) is 0 Å². The highest BCUT2D eigenvalue weighted by Crippen LogP contribution is 2.43. The van der Waals surface area contributed by atoms with Crippen molar-refractivity contribution >= 4 is 13.7 Å². The summed E-state index contributed by atoms with van der Waals surface area (Å²) in [6, 6.07) is -0.891. The Kier molecular flexibility index (Phi) is 58.8. The molecule has 0 radical (unpaired) electrons. The van der Waals surface area contributed by atoms with Gasteiger partial charge in [0.2, 0.25) is 5.91 Å². The van der Waals surface area contributed by atoms with Crippen molar-refractivity contribution in [2.24, 2.45) is 0 Å². The Bertz CT molecular complexity index is 1890. The van der Waals surface area contributed by atoms with Gasteiger partial charge in [-0.15, -0.1) is 0 Å². The van der Waals surface area contributed by atoms with Crippen LogP contribution in [-0.4, -0.2) is 73.4 Å². The number of carbonyl (C=O) groups excluding carboxylic acids is 1. The molecule has 0 bridgehead atoms. The lowest BCUT2D eigenvalue weighted by Crippen LogP contribution is -2.45. The zero-order valence-corrected chi connectivity index (χ0v) is 54.1. The minimum absolute atomic E-state index is 0.0419. The van der Waals surface area contributed by atoms with Crippen molar-refractivity contribution in [1.82, 2.24) is 5.32 Å². The van der Waals surface area contributed by atoms with Crippen molar-refractivity contribution < 1.29 is 32.9 Å². The summed E-state index contributed by atoms with van der Waals surface area (Å²) in [4.78, 5) is 23.4. The predicted octanol–water partition coefficient (Wildman–Crippen LogP) is 21.0. The zero-order chi connectivity index (χ0) is 59.8. The number of hydrogen-bond acceptors (Lipinski definition) is 5. The second-order valence-electron chi connectivity index (χ2n) is 22.7. The monoisotopic (exact) mass is 1160 g/mol. The summed E-state index contributed by atoms with van der Waals surface area (Å²) >= 11 is 0. The largest absolute Gasteiger partial charge is 0.472 e. The van der Waals surface area contributed by atoms with Crippen molar-refractivity contribution in [3.63, 3.8) is 0 Å². The number of unbranched alkanes of at least 4 members (excludes halogenated alkanes) is 21. The molecule has 3 N–H and O–H groups in total. The molecule has 0 fully saturated rings. The summed E-state index contributed by atoms with van der Waals surface area (Å²) in [6.07, 6.45) is 96.5. The maximum atomic E-state index is 13.0. The summed E-state index contributed by atoms with van der Waals surface area (Å²) < 4.78 is 23.7. The SMILES string of the molecule is CC/C=C\C/C=C\C/C=C\C/C=C\C/C=C\C/C=C\C/C=C\C/C=C\C/C=C\C/C=C\CCCCCCCCC(=O)NC(COP(=O)(O)OCC[N+](C)(C)C)C(O)/C=C/CC/C=C/CC/C=C/CCCCCCCCCCCCCCC. The van der Waals surface area contributed by atoms with E-state index in [0.29, 0.717) is 17.4 Å². The van der Waals surface area contributed by atoms with Gasteiger partial charge in [0.1, 0.15) is 13.2 Å². The molecular formula is C73H124N2O6P+. The van der Waals surface area contributed by atoms with E-state index in [0.717, 1.165) is 135 Å². The highest BCUT2D eigenvalue weighted by atomic mass is 31.2. The number of rotatable bonds is 58. The molecule has 82 heavy (non-hydrogen) atoms. The Labute approximate surface area is 505 Å². The fraction of sp³-hybridized carbons (Fsp3) is 0.630. The van der Waals surface area contributed by atoms with Crippen LogP contribution < -0.4 is 5.32 Å². The average molecular weight is 1160 g/mol. The standard InChI is InChI=1S/C73H123N2O6P/c1-6-8-10-12-14-16-18-20-22-24-26-28-30-31-32-33-34-35-36-37-38-39-40-41-42-43-45-47-49-51-53-55-57-59-61-63-65-67-73(77)74-71(70-81-82(78,79)80-69-68-75(3,4)5)72(76)66-64-62-60-58-56-54-52-50-48-46-44-29-27-25-23-21-19-17-15-13-11-9-7-2/h8,10,14,16,20,22,26,28,31-32,34-35,37-38,40-41,43,45,48-51,56,58,64,66,71-72,76H,6-7,9,11-13,15,17-19,21,23-25,27,29-30,33,36,39,42,44,46-47,52-55,57,59-63,65,67-70H2,1-5H3,(H-,74,77,78,79)/p+1/b10-8-,16-14-,22-20-,28-26-,32-31-,35-34-,38-37-,41-40-,45-43-,50-48+,51-49-,58-56+,66-64+. The number of nitrogens with zero attached hydrogens (tertiary/aromatic N) is 1. The van der Waals surface area contributed by atoms with Gasteiger partial charge in [-0.25, -0.2) is 4.57 Å². The molecule has 3 unspecified atom stereocenters. The number of carbonyl (C=O) groups is 1. The number of phosphoric acid groups is 1. The van der Waals surface area contributed by atoms with E-state index < -0.39 is 20.0 Å². The van der Waals surface area contributed by atoms with Gasteiger partial charge in [0, 0.05) is 6.42 Å². The molecule has 0 aromatic heterocycles. The van der Waals surface area contributed by atoms with E-state index in [1.807, 2.05) is 27.2 Å². The Balaban J connectivity index is 4.28. The van der Waals surface area contributed by atoms with E-state index >= 15 is 0 Å². The maximum absolute atomic E-state index is 13.0. The summed E-state index contributed by atoms with van der Waals surface area (Å²) in [6.45, 7) is 4.65. The van der Waals surface area contributed by atoms with Crippen molar-refractivity contribution in [2.45, 2.75) is 257 Å². The van der Waals surface area contributed by atoms with E-state index in [2.05, 4.69) is 165 Å². The Morgan fingerprint density at radius 3 is 1.12 bits per heavy atom. The summed E-state index contributed by atoms with van der Waals surface area (Å²) in [5, 5.41) is 13.9. The molecule has 1 amide bonds. The van der Waals surface area contributed by atoms with Crippen LogP contribution in [0.1, 0.15) is 245 Å². The third-order valence-corrected chi connectivity index (χ3v) is 14.7. The van der Waals surface area contributed by atoms with Crippen LogP contribution in [0.3, 0.4) is 0 Å². The van der Waals surface area contributed by atoms with Crippen molar-refractivity contribution in [3.05, 3.63) is 158 Å². The fourth-order valence-electron chi connectivity index (χ4n) is 8.63. The molecule has 9 heteroatoms. The number of aliphatic hydroxyl groups is 1. The highest BCUT2D eigenvalue weighted by molar-refractivity contribution is 7.47. The first-order chi connectivity index (χ1) is 40.0.